The average Bonchev–Trinajstić information content (AvgIpc) is 2.82. The number of carbonyl (C=O) groups excluding carboxylic acids is 4. The van der Waals surface area contributed by atoms with E-state index in [1.807, 2.05) is 22.6 Å². The van der Waals surface area contributed by atoms with Crippen molar-refractivity contribution in [3.63, 3.8) is 0 Å². The van der Waals surface area contributed by atoms with Gasteiger partial charge in [0.1, 0.15) is 29.0 Å². The van der Waals surface area contributed by atoms with Crippen LogP contribution in [0.25, 0.3) is 0 Å². The standard InChI is InChI=1S/C13H17IN2O7/c1-6(17)21-5-10-9(22-7(2)18)3-11(23-10)16-4-8(14)12(19)15-13(16)20/h8-11H,3-5H2,1-2H3,(H,15,19,20)/t8?,9-,10+,11+/m0/s1. The Kier molecular flexibility index (Phi) is 5.79. The molecule has 2 heterocycles. The van der Waals surface area contributed by atoms with Gasteiger partial charge in [-0.15, -0.1) is 0 Å². The number of ether oxygens (including phenoxy) is 3. The molecular weight excluding hydrogens is 423 g/mol. The molecule has 0 radical (unpaired) electrons. The third kappa shape index (κ3) is 4.53. The summed E-state index contributed by atoms with van der Waals surface area (Å²) in [4.78, 5) is 47.0. The van der Waals surface area contributed by atoms with Crippen molar-refractivity contribution in [3.8, 4) is 0 Å². The van der Waals surface area contributed by atoms with Gasteiger partial charge < -0.3 is 14.2 Å². The summed E-state index contributed by atoms with van der Waals surface area (Å²) >= 11 is 1.93. The van der Waals surface area contributed by atoms with Crippen molar-refractivity contribution in [1.29, 1.82) is 0 Å². The average molecular weight is 440 g/mol. The number of nitrogens with one attached hydrogen (secondary N) is 1. The lowest BCUT2D eigenvalue weighted by Gasteiger charge is -2.33. The number of hydrogen-bond donors (Lipinski definition) is 1. The highest BCUT2D eigenvalue weighted by molar-refractivity contribution is 14.1. The molecule has 2 fully saturated rings. The highest BCUT2D eigenvalue weighted by Crippen LogP contribution is 2.28. The van der Waals surface area contributed by atoms with Crippen molar-refractivity contribution in [2.45, 2.75) is 42.6 Å². The number of hydrogen-bond acceptors (Lipinski definition) is 7. The number of carbonyl (C=O) groups is 4. The Hall–Kier alpha value is -1.43. The largest absolute Gasteiger partial charge is 0.463 e. The second-order valence-corrected chi connectivity index (χ2v) is 6.73. The lowest BCUT2D eigenvalue weighted by molar-refractivity contribution is -0.156. The third-order valence-corrected chi connectivity index (χ3v) is 4.39. The molecule has 2 aliphatic rings. The van der Waals surface area contributed by atoms with Crippen molar-refractivity contribution in [2.75, 3.05) is 13.2 Å². The fourth-order valence-electron chi connectivity index (χ4n) is 2.42. The molecule has 2 rings (SSSR count). The van der Waals surface area contributed by atoms with Crippen LogP contribution in [0.5, 0.6) is 0 Å². The Balaban J connectivity index is 2.05. The maximum absolute atomic E-state index is 12.0. The molecule has 0 aromatic heterocycles. The molecular formula is C13H17IN2O7. The number of amides is 3. The van der Waals surface area contributed by atoms with Gasteiger partial charge in [-0.25, -0.2) is 4.79 Å². The van der Waals surface area contributed by atoms with E-state index in [4.69, 9.17) is 14.2 Å². The van der Waals surface area contributed by atoms with Gasteiger partial charge in [-0.2, -0.15) is 0 Å². The van der Waals surface area contributed by atoms with E-state index >= 15 is 0 Å². The zero-order valence-electron chi connectivity index (χ0n) is 12.6. The van der Waals surface area contributed by atoms with Crippen LogP contribution in [-0.4, -0.2) is 64.3 Å². The van der Waals surface area contributed by atoms with Gasteiger partial charge in [0.15, 0.2) is 0 Å². The van der Waals surface area contributed by atoms with E-state index in [0.29, 0.717) is 0 Å². The first-order valence-electron chi connectivity index (χ1n) is 6.99. The van der Waals surface area contributed by atoms with Crippen molar-refractivity contribution in [1.82, 2.24) is 10.2 Å². The molecule has 3 amide bonds. The molecule has 0 spiro atoms. The van der Waals surface area contributed by atoms with E-state index < -0.39 is 40.3 Å². The number of esters is 2. The van der Waals surface area contributed by atoms with Crippen molar-refractivity contribution in [3.05, 3.63) is 0 Å². The minimum atomic E-state index is -0.662. The van der Waals surface area contributed by atoms with Gasteiger partial charge in [0, 0.05) is 26.8 Å². The van der Waals surface area contributed by atoms with Crippen LogP contribution in [0.15, 0.2) is 0 Å². The highest BCUT2D eigenvalue weighted by atomic mass is 127. The molecule has 2 aliphatic heterocycles. The van der Waals surface area contributed by atoms with Gasteiger partial charge in [0.25, 0.3) is 0 Å². The minimum Gasteiger partial charge on any atom is -0.463 e. The van der Waals surface area contributed by atoms with E-state index in [1.165, 1.54) is 18.7 Å². The van der Waals surface area contributed by atoms with Crippen LogP contribution in [0.2, 0.25) is 0 Å². The molecule has 0 aromatic carbocycles. The number of urea groups is 1. The molecule has 10 heteroatoms. The van der Waals surface area contributed by atoms with Crippen LogP contribution >= 0.6 is 22.6 Å². The number of imide groups is 1. The first kappa shape index (κ1) is 17.9. The maximum atomic E-state index is 12.0. The highest BCUT2D eigenvalue weighted by Gasteiger charge is 2.45. The Bertz CT molecular complexity index is 526. The van der Waals surface area contributed by atoms with Crippen molar-refractivity contribution in [2.24, 2.45) is 0 Å². The van der Waals surface area contributed by atoms with E-state index in [-0.39, 0.29) is 25.5 Å². The second-order valence-electron chi connectivity index (χ2n) is 5.23. The molecule has 0 saturated carbocycles. The van der Waals surface area contributed by atoms with Gasteiger partial charge in [0.05, 0.1) is 0 Å². The molecule has 0 aromatic rings. The second kappa shape index (κ2) is 7.43. The van der Waals surface area contributed by atoms with E-state index in [0.717, 1.165) is 0 Å². The van der Waals surface area contributed by atoms with Gasteiger partial charge >= 0.3 is 18.0 Å². The Morgan fingerprint density at radius 2 is 2.04 bits per heavy atom. The molecule has 0 bridgehead atoms. The topological polar surface area (TPSA) is 111 Å². The number of halogens is 1. The monoisotopic (exact) mass is 440 g/mol. The van der Waals surface area contributed by atoms with Crippen LogP contribution in [0, 0.1) is 0 Å². The van der Waals surface area contributed by atoms with Gasteiger partial charge in [-0.3, -0.25) is 24.6 Å². The van der Waals surface area contributed by atoms with Crippen molar-refractivity contribution < 1.29 is 33.4 Å². The maximum Gasteiger partial charge on any atom is 0.326 e. The Morgan fingerprint density at radius 3 is 2.65 bits per heavy atom. The van der Waals surface area contributed by atoms with Gasteiger partial charge in [-0.1, -0.05) is 22.6 Å². The van der Waals surface area contributed by atoms with Crippen LogP contribution in [0.4, 0.5) is 4.79 Å². The summed E-state index contributed by atoms with van der Waals surface area (Å²) in [5.74, 6) is -1.32. The summed E-state index contributed by atoms with van der Waals surface area (Å²) in [6, 6.07) is -0.553. The summed E-state index contributed by atoms with van der Waals surface area (Å²) < 4.78 is 15.4. The summed E-state index contributed by atoms with van der Waals surface area (Å²) in [5.41, 5.74) is 0. The van der Waals surface area contributed by atoms with Gasteiger partial charge in [-0.05, 0) is 0 Å². The van der Waals surface area contributed by atoms with E-state index in [1.54, 1.807) is 0 Å². The Labute approximate surface area is 146 Å². The van der Waals surface area contributed by atoms with Crippen LogP contribution in [-0.2, 0) is 28.6 Å². The van der Waals surface area contributed by atoms with E-state index in [2.05, 4.69) is 5.32 Å². The smallest absolute Gasteiger partial charge is 0.326 e. The molecule has 1 N–H and O–H groups in total. The minimum absolute atomic E-state index is 0.0775. The molecule has 4 atom stereocenters. The zero-order valence-corrected chi connectivity index (χ0v) is 14.8. The normalized spacial score (nSPS) is 30.8. The predicted octanol–water partition coefficient (Wildman–Crippen LogP) is -0.0484. The van der Waals surface area contributed by atoms with Crippen LogP contribution in [0.3, 0.4) is 0 Å². The number of rotatable bonds is 4. The fourth-order valence-corrected chi connectivity index (χ4v) is 3.00. The Morgan fingerprint density at radius 1 is 1.35 bits per heavy atom. The SMILES string of the molecule is CC(=O)OC[C@H]1O[C@@H](N2CC(I)C(=O)NC2=O)C[C@@H]1OC(C)=O. The molecule has 0 aliphatic carbocycles. The molecule has 128 valence electrons. The molecule has 2 saturated heterocycles. The molecule has 9 nitrogen and oxygen atoms in total. The first-order valence-corrected chi connectivity index (χ1v) is 8.24. The number of nitrogens with zero attached hydrogens (tertiary/aromatic N) is 1. The van der Waals surface area contributed by atoms with Crippen molar-refractivity contribution >= 4 is 46.5 Å². The first-order chi connectivity index (χ1) is 10.8. The summed E-state index contributed by atoms with van der Waals surface area (Å²) in [6.45, 7) is 2.65. The predicted molar refractivity (Wildman–Crippen MR) is 83.5 cm³/mol. The zero-order chi connectivity index (χ0) is 17.1. The summed E-state index contributed by atoms with van der Waals surface area (Å²) in [5, 5.41) is 2.24. The summed E-state index contributed by atoms with van der Waals surface area (Å²) in [7, 11) is 0. The molecule has 1 unspecified atom stereocenters. The quantitative estimate of drug-likeness (QED) is 0.371. The van der Waals surface area contributed by atoms with E-state index in [9.17, 15) is 19.2 Å². The summed E-state index contributed by atoms with van der Waals surface area (Å²) in [6.07, 6.45) is -1.71. The lowest BCUT2D eigenvalue weighted by Crippen LogP contribution is -2.58. The fraction of sp³-hybridized carbons (Fsp3) is 0.692. The lowest BCUT2D eigenvalue weighted by atomic mass is 10.1. The van der Waals surface area contributed by atoms with Crippen LogP contribution < -0.4 is 5.32 Å². The third-order valence-electron chi connectivity index (χ3n) is 3.43. The molecule has 23 heavy (non-hydrogen) atoms. The van der Waals surface area contributed by atoms with Crippen LogP contribution in [0.1, 0.15) is 20.3 Å². The van der Waals surface area contributed by atoms with Gasteiger partial charge in [0.2, 0.25) is 5.91 Å². The number of alkyl halides is 1.